The third kappa shape index (κ3) is 8.60. The topological polar surface area (TPSA) is 173 Å². The van der Waals surface area contributed by atoms with Crippen LogP contribution in [0.2, 0.25) is 0 Å². The summed E-state index contributed by atoms with van der Waals surface area (Å²) in [6.45, 7) is 5.32. The van der Waals surface area contributed by atoms with Crippen molar-refractivity contribution in [2.75, 3.05) is 33.0 Å². The van der Waals surface area contributed by atoms with Gasteiger partial charge in [0.15, 0.2) is 0 Å². The van der Waals surface area contributed by atoms with Crippen LogP contribution in [0, 0.1) is 0 Å². The van der Waals surface area contributed by atoms with Gasteiger partial charge >= 0.3 is 0 Å². The third-order valence-corrected chi connectivity index (χ3v) is 6.69. The smallest absolute Gasteiger partial charge is 0.297 e. The molecule has 0 bridgehead atoms. The van der Waals surface area contributed by atoms with E-state index in [0.717, 1.165) is 6.08 Å². The van der Waals surface area contributed by atoms with E-state index in [4.69, 9.17) is 19.7 Å². The maximum atomic E-state index is 12.1. The van der Waals surface area contributed by atoms with Crippen LogP contribution < -0.4 is 0 Å². The highest BCUT2D eigenvalue weighted by atomic mass is 32.2. The van der Waals surface area contributed by atoms with Crippen molar-refractivity contribution in [2.45, 2.75) is 31.3 Å². The number of rotatable bonds is 13. The second-order valence-electron chi connectivity index (χ2n) is 7.26. The van der Waals surface area contributed by atoms with Gasteiger partial charge < -0.3 is 19.7 Å². The van der Waals surface area contributed by atoms with Crippen molar-refractivity contribution in [3.63, 3.8) is 0 Å². The van der Waals surface area contributed by atoms with Crippen LogP contribution in [-0.4, -0.2) is 69.5 Å². The predicted molar refractivity (Wildman–Crippen MR) is 128 cm³/mol. The van der Waals surface area contributed by atoms with Crippen molar-refractivity contribution in [3.05, 3.63) is 63.6 Å². The summed E-state index contributed by atoms with van der Waals surface area (Å²) in [6, 6.07) is 4.29. The lowest BCUT2D eigenvalue weighted by molar-refractivity contribution is -0.0364. The van der Waals surface area contributed by atoms with Gasteiger partial charge in [0, 0.05) is 19.3 Å². The maximum absolute atomic E-state index is 12.1. The molecule has 2 rings (SSSR count). The van der Waals surface area contributed by atoms with Gasteiger partial charge in [0.05, 0.1) is 26.2 Å². The summed E-state index contributed by atoms with van der Waals surface area (Å²) in [5.41, 5.74) is 9.48. The summed E-state index contributed by atoms with van der Waals surface area (Å²) in [7, 11) is -9.33. The number of hydrogen-bond acceptors (Lipinski definition) is 7. The van der Waals surface area contributed by atoms with Crippen molar-refractivity contribution < 1.29 is 44.9 Å². The van der Waals surface area contributed by atoms with Gasteiger partial charge in [-0.15, -0.1) is 0 Å². The van der Waals surface area contributed by atoms with Gasteiger partial charge in [0.2, 0.25) is 0 Å². The fourth-order valence-corrected chi connectivity index (χ4v) is 4.66. The lowest BCUT2D eigenvalue weighted by atomic mass is 10.0. The Morgan fingerprint density at radius 2 is 1.77 bits per heavy atom. The summed E-state index contributed by atoms with van der Waals surface area (Å²) in [5, 5.41) is 0. The molecule has 11 nitrogen and oxygen atoms in total. The fraction of sp³-hybridized carbons (Fsp3) is 0.409. The molecule has 0 radical (unpaired) electrons. The highest BCUT2D eigenvalue weighted by Crippen LogP contribution is 2.28. The Hall–Kier alpha value is -2.48. The Bertz CT molecular complexity index is 1260. The number of nitrogens with zero attached hydrogens (tertiary/aromatic N) is 2. The Labute approximate surface area is 204 Å². The Morgan fingerprint density at radius 1 is 1.06 bits per heavy atom. The van der Waals surface area contributed by atoms with Gasteiger partial charge in [-0.05, 0) is 36.6 Å². The maximum Gasteiger partial charge on any atom is 0.297 e. The van der Waals surface area contributed by atoms with Crippen LogP contribution in [0.1, 0.15) is 37.5 Å². The minimum Gasteiger partial charge on any atom is -0.379 e. The Balaban J connectivity index is 2.43. The first-order valence-corrected chi connectivity index (χ1v) is 13.6. The number of allylic oxidation sites excluding steroid dienone is 4. The highest BCUT2D eigenvalue weighted by molar-refractivity contribution is 7.90. The third-order valence-electron chi connectivity index (χ3n) is 4.87. The van der Waals surface area contributed by atoms with Crippen molar-refractivity contribution in [1.29, 1.82) is 0 Å². The van der Waals surface area contributed by atoms with E-state index in [-0.39, 0.29) is 36.5 Å². The monoisotopic (exact) mass is 528 g/mol. The summed E-state index contributed by atoms with van der Waals surface area (Å²) >= 11 is 0. The van der Waals surface area contributed by atoms with Crippen molar-refractivity contribution >= 4 is 32.0 Å². The van der Waals surface area contributed by atoms with Gasteiger partial charge in [0.1, 0.15) is 15.9 Å². The van der Waals surface area contributed by atoms with E-state index in [1.54, 1.807) is 13.0 Å². The van der Waals surface area contributed by atoms with Crippen molar-refractivity contribution in [1.82, 2.24) is 0 Å². The molecule has 1 unspecified atom stereocenters. The van der Waals surface area contributed by atoms with Crippen LogP contribution >= 0.6 is 0 Å². The average molecular weight is 529 g/mol. The second-order valence-corrected chi connectivity index (χ2v) is 10.0. The average Bonchev–Trinajstić information content (AvgIpc) is 2.81. The predicted octanol–water partition coefficient (Wildman–Crippen LogP) is 2.85. The fourth-order valence-electron chi connectivity index (χ4n) is 3.20. The molecule has 1 aliphatic rings. The number of hydrogen-bond donors (Lipinski definition) is 2. The molecule has 2 N–H and O–H groups in total. The van der Waals surface area contributed by atoms with E-state index in [2.05, 4.69) is 4.79 Å². The van der Waals surface area contributed by atoms with Gasteiger partial charge in [-0.25, -0.2) is 0 Å². The molecule has 1 aliphatic carbocycles. The number of ether oxygens (including phenoxy) is 3. The lowest BCUT2D eigenvalue weighted by Crippen LogP contribution is -2.16. The Kier molecular flexibility index (Phi) is 10.7. The van der Waals surface area contributed by atoms with E-state index in [1.807, 2.05) is 6.92 Å². The molecule has 1 aromatic rings. The van der Waals surface area contributed by atoms with Crippen LogP contribution in [0.3, 0.4) is 0 Å². The van der Waals surface area contributed by atoms with Crippen LogP contribution in [0.25, 0.3) is 11.6 Å². The van der Waals surface area contributed by atoms with Crippen molar-refractivity contribution in [3.8, 4) is 0 Å². The quantitative estimate of drug-likeness (QED) is 0.169. The highest BCUT2D eigenvalue weighted by Gasteiger charge is 2.25. The van der Waals surface area contributed by atoms with Gasteiger partial charge in [-0.2, -0.15) is 21.6 Å². The normalized spacial score (nSPS) is 15.6. The summed E-state index contributed by atoms with van der Waals surface area (Å²) in [6.07, 6.45) is 4.40. The molecule has 35 heavy (non-hydrogen) atoms. The molecule has 0 aromatic heterocycles. The summed E-state index contributed by atoms with van der Waals surface area (Å²) in [5.74, 6) is 0. The van der Waals surface area contributed by atoms with Crippen LogP contribution in [0.4, 0.5) is 0 Å². The molecular weight excluding hydrogens is 500 g/mol. The van der Waals surface area contributed by atoms with Gasteiger partial charge in [-0.3, -0.25) is 9.11 Å². The van der Waals surface area contributed by atoms with E-state index in [0.29, 0.717) is 25.4 Å². The molecule has 0 heterocycles. The molecule has 0 aliphatic heterocycles. The molecule has 1 aromatic carbocycles. The molecule has 0 spiro atoms. The van der Waals surface area contributed by atoms with E-state index >= 15 is 0 Å². The first kappa shape index (κ1) is 28.8. The zero-order valence-corrected chi connectivity index (χ0v) is 21.0. The zero-order valence-electron chi connectivity index (χ0n) is 19.3. The lowest BCUT2D eigenvalue weighted by Gasteiger charge is -2.19. The second kappa shape index (κ2) is 13.0. The largest absolute Gasteiger partial charge is 0.379 e. The molecule has 13 heteroatoms. The van der Waals surface area contributed by atoms with E-state index in [1.165, 1.54) is 30.4 Å². The van der Waals surface area contributed by atoms with E-state index < -0.39 is 36.1 Å². The standard InChI is InChI=1S/C22H28N2O9S2/c1-3-31-11-12-33-20(15-32-4-2)18-8-7-16(21(13-18)34(25,26)27)5-6-17-9-10-19(24-23)14-22(17)35(28,29)30/h5-9,13-14,20H,3-4,10-12,15H2,1-2H3,(H,25,26,27)(H,28,29,30). The molecule has 1 atom stereocenters. The first-order chi connectivity index (χ1) is 16.5. The van der Waals surface area contributed by atoms with Gasteiger partial charge in [0.25, 0.3) is 25.9 Å². The minimum absolute atomic E-state index is 0.0161. The SMILES string of the molecule is CCOCCOC(COCC)c1ccc(C=CC2=CCC(=[N+]=[N-])C=C2S(=O)(=O)O)c(S(=O)(=O)O)c1. The Morgan fingerprint density at radius 3 is 2.37 bits per heavy atom. The van der Waals surface area contributed by atoms with Crippen LogP contribution in [0.5, 0.6) is 0 Å². The zero-order chi connectivity index (χ0) is 26.1. The molecule has 0 saturated carbocycles. The first-order valence-electron chi connectivity index (χ1n) is 10.7. The van der Waals surface area contributed by atoms with Crippen LogP contribution in [0.15, 0.2) is 51.8 Å². The van der Waals surface area contributed by atoms with E-state index in [9.17, 15) is 25.9 Å². The number of benzene rings is 1. The minimum atomic E-state index is -4.67. The van der Waals surface area contributed by atoms with Crippen LogP contribution in [-0.2, 0) is 34.4 Å². The molecule has 192 valence electrons. The van der Waals surface area contributed by atoms with Crippen molar-refractivity contribution in [2.24, 2.45) is 0 Å². The van der Waals surface area contributed by atoms with Gasteiger partial charge in [-0.1, -0.05) is 30.4 Å². The molecule has 0 saturated heterocycles. The summed E-state index contributed by atoms with van der Waals surface area (Å²) in [4.78, 5) is 2.00. The summed E-state index contributed by atoms with van der Waals surface area (Å²) < 4.78 is 83.5. The molecule has 0 amide bonds. The molecular formula is C22H28N2O9S2. The molecule has 0 fully saturated rings.